The predicted molar refractivity (Wildman–Crippen MR) is 113 cm³/mol. The van der Waals surface area contributed by atoms with E-state index in [9.17, 15) is 14.0 Å². The Kier molecular flexibility index (Phi) is 6.20. The predicted octanol–water partition coefficient (Wildman–Crippen LogP) is 3.55. The monoisotopic (exact) mass is 397 g/mol. The van der Waals surface area contributed by atoms with Crippen LogP contribution in [0.25, 0.3) is 0 Å². The summed E-state index contributed by atoms with van der Waals surface area (Å²) >= 11 is 0. The molecule has 1 heterocycles. The van der Waals surface area contributed by atoms with Crippen LogP contribution in [0.1, 0.15) is 20.8 Å². The Morgan fingerprint density at radius 3 is 2.14 bits per heavy atom. The fourth-order valence-corrected chi connectivity index (χ4v) is 3.73. The minimum atomic E-state index is -1.17. The summed E-state index contributed by atoms with van der Waals surface area (Å²) in [6, 6.07) is 16.1. The molecule has 2 aromatic carbocycles. The van der Waals surface area contributed by atoms with Crippen LogP contribution in [-0.2, 0) is 9.59 Å². The van der Waals surface area contributed by atoms with Crippen molar-refractivity contribution in [2.45, 2.75) is 20.8 Å². The molecule has 1 aliphatic rings. The van der Waals surface area contributed by atoms with Crippen LogP contribution < -0.4 is 9.80 Å². The first-order valence-electron chi connectivity index (χ1n) is 10.0. The number of piperazine rings is 1. The molecule has 29 heavy (non-hydrogen) atoms. The van der Waals surface area contributed by atoms with Gasteiger partial charge in [-0.3, -0.25) is 9.59 Å². The molecule has 2 amide bonds. The molecule has 0 spiro atoms. The van der Waals surface area contributed by atoms with Crippen LogP contribution in [-0.4, -0.2) is 49.4 Å². The average molecular weight is 397 g/mol. The minimum absolute atomic E-state index is 0.190. The molecule has 0 N–H and O–H groups in total. The Bertz CT molecular complexity index is 861. The fourth-order valence-electron chi connectivity index (χ4n) is 3.73. The standard InChI is InChI=1S/C23H28FN3O2/c1-4-27(18-10-6-5-7-11-18)22(29)23(2,3)21(28)26-16-14-25(15-17-26)20-13-9-8-12-19(20)24/h5-13H,4,14-17H2,1-3H3. The van der Waals surface area contributed by atoms with Crippen LogP contribution in [0.5, 0.6) is 0 Å². The van der Waals surface area contributed by atoms with Crippen molar-refractivity contribution in [1.29, 1.82) is 0 Å². The van der Waals surface area contributed by atoms with Crippen molar-refractivity contribution in [2.24, 2.45) is 5.41 Å². The zero-order chi connectivity index (χ0) is 21.0. The topological polar surface area (TPSA) is 43.9 Å². The maximum Gasteiger partial charge on any atom is 0.242 e. The maximum absolute atomic E-state index is 14.0. The zero-order valence-electron chi connectivity index (χ0n) is 17.3. The molecule has 0 aliphatic carbocycles. The number of anilines is 2. The van der Waals surface area contributed by atoms with E-state index in [1.165, 1.54) is 6.07 Å². The highest BCUT2D eigenvalue weighted by atomic mass is 19.1. The third-order valence-corrected chi connectivity index (χ3v) is 5.46. The second kappa shape index (κ2) is 8.64. The lowest BCUT2D eigenvalue weighted by molar-refractivity contribution is -0.147. The SMILES string of the molecule is CCN(C(=O)C(C)(C)C(=O)N1CCN(c2ccccc2F)CC1)c1ccccc1. The number of nitrogens with zero attached hydrogens (tertiary/aromatic N) is 3. The van der Waals surface area contributed by atoms with Gasteiger partial charge in [-0.15, -0.1) is 0 Å². The molecule has 0 radical (unpaired) electrons. The summed E-state index contributed by atoms with van der Waals surface area (Å²) in [7, 11) is 0. The molecule has 0 bridgehead atoms. The molecule has 0 saturated carbocycles. The van der Waals surface area contributed by atoms with E-state index in [0.29, 0.717) is 38.4 Å². The molecule has 0 atom stereocenters. The summed E-state index contributed by atoms with van der Waals surface area (Å²) in [4.78, 5) is 31.7. The van der Waals surface area contributed by atoms with Gasteiger partial charge in [-0.05, 0) is 45.0 Å². The number of benzene rings is 2. The number of hydrogen-bond acceptors (Lipinski definition) is 3. The van der Waals surface area contributed by atoms with Crippen molar-refractivity contribution in [3.63, 3.8) is 0 Å². The van der Waals surface area contributed by atoms with Crippen LogP contribution in [0, 0.1) is 11.2 Å². The van der Waals surface area contributed by atoms with Gasteiger partial charge in [-0.25, -0.2) is 4.39 Å². The van der Waals surface area contributed by atoms with Gasteiger partial charge in [0.25, 0.3) is 0 Å². The van der Waals surface area contributed by atoms with E-state index in [2.05, 4.69) is 0 Å². The van der Waals surface area contributed by atoms with Gasteiger partial charge in [-0.2, -0.15) is 0 Å². The smallest absolute Gasteiger partial charge is 0.242 e. The third-order valence-electron chi connectivity index (χ3n) is 5.46. The van der Waals surface area contributed by atoms with Crippen LogP contribution in [0.4, 0.5) is 15.8 Å². The quantitative estimate of drug-likeness (QED) is 0.725. The van der Waals surface area contributed by atoms with Gasteiger partial charge in [0.2, 0.25) is 11.8 Å². The molecule has 1 saturated heterocycles. The van der Waals surface area contributed by atoms with E-state index in [0.717, 1.165) is 5.69 Å². The molecular formula is C23H28FN3O2. The van der Waals surface area contributed by atoms with E-state index < -0.39 is 5.41 Å². The molecule has 2 aromatic rings. The lowest BCUT2D eigenvalue weighted by atomic mass is 9.89. The summed E-state index contributed by atoms with van der Waals surface area (Å²) < 4.78 is 14.0. The van der Waals surface area contributed by atoms with Gasteiger partial charge in [-0.1, -0.05) is 30.3 Å². The molecule has 0 unspecified atom stereocenters. The summed E-state index contributed by atoms with van der Waals surface area (Å²) in [6.07, 6.45) is 0. The largest absolute Gasteiger partial charge is 0.366 e. The van der Waals surface area contributed by atoms with Gasteiger partial charge in [0.1, 0.15) is 11.2 Å². The lowest BCUT2D eigenvalue weighted by Crippen LogP contribution is -2.56. The van der Waals surface area contributed by atoms with Crippen molar-refractivity contribution >= 4 is 23.2 Å². The molecule has 154 valence electrons. The van der Waals surface area contributed by atoms with Gasteiger partial charge in [0, 0.05) is 38.4 Å². The van der Waals surface area contributed by atoms with Crippen LogP contribution in [0.3, 0.4) is 0 Å². The number of carbonyl (C=O) groups is 2. The highest BCUT2D eigenvalue weighted by Crippen LogP contribution is 2.27. The van der Waals surface area contributed by atoms with E-state index >= 15 is 0 Å². The molecule has 3 rings (SSSR count). The number of para-hydroxylation sites is 2. The Morgan fingerprint density at radius 2 is 1.55 bits per heavy atom. The summed E-state index contributed by atoms with van der Waals surface area (Å²) in [5.41, 5.74) is 0.160. The van der Waals surface area contributed by atoms with Gasteiger partial charge in [0.15, 0.2) is 0 Å². The van der Waals surface area contributed by atoms with E-state index in [1.807, 2.05) is 42.2 Å². The summed E-state index contributed by atoms with van der Waals surface area (Å²) in [5, 5.41) is 0. The zero-order valence-corrected chi connectivity index (χ0v) is 17.3. The van der Waals surface area contributed by atoms with E-state index in [1.54, 1.807) is 41.8 Å². The molecule has 0 aromatic heterocycles. The van der Waals surface area contributed by atoms with Crippen LogP contribution in [0.2, 0.25) is 0 Å². The highest BCUT2D eigenvalue weighted by Gasteiger charge is 2.42. The Labute approximate surface area is 171 Å². The average Bonchev–Trinajstić information content (AvgIpc) is 2.75. The van der Waals surface area contributed by atoms with Gasteiger partial charge < -0.3 is 14.7 Å². The molecule has 5 nitrogen and oxygen atoms in total. The number of carbonyl (C=O) groups excluding carboxylic acids is 2. The first kappa shape index (κ1) is 20.8. The Balaban J connectivity index is 1.69. The van der Waals surface area contributed by atoms with Crippen molar-refractivity contribution in [3.05, 3.63) is 60.4 Å². The number of halogens is 1. The Hall–Kier alpha value is -2.89. The number of amides is 2. The van der Waals surface area contributed by atoms with Crippen molar-refractivity contribution in [3.8, 4) is 0 Å². The van der Waals surface area contributed by atoms with Crippen LogP contribution in [0.15, 0.2) is 54.6 Å². The molecule has 6 heteroatoms. The summed E-state index contributed by atoms with van der Waals surface area (Å²) in [5.74, 6) is -0.665. The highest BCUT2D eigenvalue weighted by molar-refractivity contribution is 6.11. The van der Waals surface area contributed by atoms with E-state index in [-0.39, 0.29) is 17.6 Å². The maximum atomic E-state index is 14.0. The van der Waals surface area contributed by atoms with Gasteiger partial charge in [0.05, 0.1) is 5.69 Å². The first-order chi connectivity index (χ1) is 13.9. The molecule has 1 fully saturated rings. The molecular weight excluding hydrogens is 369 g/mol. The summed E-state index contributed by atoms with van der Waals surface area (Å²) in [6.45, 7) is 7.75. The number of hydrogen-bond donors (Lipinski definition) is 0. The third kappa shape index (κ3) is 4.26. The lowest BCUT2D eigenvalue weighted by Gasteiger charge is -2.40. The van der Waals surface area contributed by atoms with Gasteiger partial charge >= 0.3 is 0 Å². The normalized spacial score (nSPS) is 14.6. The minimum Gasteiger partial charge on any atom is -0.366 e. The van der Waals surface area contributed by atoms with Crippen molar-refractivity contribution in [2.75, 3.05) is 42.5 Å². The van der Waals surface area contributed by atoms with E-state index in [4.69, 9.17) is 0 Å². The van der Waals surface area contributed by atoms with Crippen LogP contribution >= 0.6 is 0 Å². The molecule has 1 aliphatic heterocycles. The first-order valence-corrected chi connectivity index (χ1v) is 10.0. The second-order valence-electron chi connectivity index (χ2n) is 7.74. The number of rotatable bonds is 5. The van der Waals surface area contributed by atoms with Crippen molar-refractivity contribution < 1.29 is 14.0 Å². The second-order valence-corrected chi connectivity index (χ2v) is 7.74. The fraction of sp³-hybridized carbons (Fsp3) is 0.391. The Morgan fingerprint density at radius 1 is 0.966 bits per heavy atom. The van der Waals surface area contributed by atoms with Crippen molar-refractivity contribution in [1.82, 2.24) is 4.90 Å².